The van der Waals surface area contributed by atoms with Crippen LogP contribution < -0.4 is 5.73 Å². The van der Waals surface area contributed by atoms with Gasteiger partial charge in [0, 0.05) is 6.54 Å². The largest absolute Gasteiger partial charge is 0.390 e. The lowest BCUT2D eigenvalue weighted by Crippen LogP contribution is -2.13. The highest BCUT2D eigenvalue weighted by Gasteiger charge is 2.05. The van der Waals surface area contributed by atoms with Crippen molar-refractivity contribution in [1.29, 1.82) is 0 Å². The van der Waals surface area contributed by atoms with E-state index in [4.69, 9.17) is 10.8 Å². The third-order valence-corrected chi connectivity index (χ3v) is 1.52. The number of rotatable bonds is 3. The number of hydrogen-bond acceptors (Lipinski definition) is 4. The molecule has 1 rings (SSSR count). The van der Waals surface area contributed by atoms with Gasteiger partial charge in [-0.15, -0.1) is 5.10 Å². The van der Waals surface area contributed by atoms with Crippen LogP contribution in [0.4, 0.5) is 0 Å². The first kappa shape index (κ1) is 8.16. The molecule has 62 valence electrons. The van der Waals surface area contributed by atoms with Crippen LogP contribution in [0.5, 0.6) is 0 Å². The maximum atomic E-state index is 8.87. The van der Waals surface area contributed by atoms with E-state index >= 15 is 0 Å². The van der Waals surface area contributed by atoms with Gasteiger partial charge in [-0.1, -0.05) is 5.21 Å². The molecule has 0 fully saturated rings. The van der Waals surface area contributed by atoms with Crippen LogP contribution in [-0.2, 0) is 13.2 Å². The van der Waals surface area contributed by atoms with Crippen LogP contribution in [0.3, 0.4) is 0 Å². The third-order valence-electron chi connectivity index (χ3n) is 1.52. The lowest BCUT2D eigenvalue weighted by molar-refractivity contribution is 0.267. The van der Waals surface area contributed by atoms with E-state index in [1.807, 2.05) is 6.92 Å². The Morgan fingerprint density at radius 1 is 1.64 bits per heavy atom. The highest BCUT2D eigenvalue weighted by Crippen LogP contribution is 2.02. The lowest BCUT2D eigenvalue weighted by atomic mass is 10.3. The number of nitrogens with zero attached hydrogens (tertiary/aromatic N) is 3. The zero-order valence-corrected chi connectivity index (χ0v) is 6.49. The molecule has 0 atom stereocenters. The van der Waals surface area contributed by atoms with Gasteiger partial charge in [0.2, 0.25) is 0 Å². The normalized spacial score (nSPS) is 10.5. The molecule has 0 saturated carbocycles. The van der Waals surface area contributed by atoms with Gasteiger partial charge >= 0.3 is 0 Å². The molecule has 1 aromatic rings. The van der Waals surface area contributed by atoms with Crippen molar-refractivity contribution in [2.24, 2.45) is 5.73 Å². The summed E-state index contributed by atoms with van der Waals surface area (Å²) in [5.74, 6) is 0. The van der Waals surface area contributed by atoms with E-state index in [9.17, 15) is 0 Å². The topological polar surface area (TPSA) is 77.0 Å². The summed E-state index contributed by atoms with van der Waals surface area (Å²) in [5.41, 5.74) is 6.83. The number of aliphatic hydroxyl groups excluding tert-OH is 1. The Labute approximate surface area is 64.8 Å². The van der Waals surface area contributed by atoms with Gasteiger partial charge in [0.15, 0.2) is 0 Å². The van der Waals surface area contributed by atoms with Crippen LogP contribution in [-0.4, -0.2) is 26.6 Å². The summed E-state index contributed by atoms with van der Waals surface area (Å²) < 4.78 is 1.62. The molecule has 1 heterocycles. The van der Waals surface area contributed by atoms with Crippen molar-refractivity contribution in [3.63, 3.8) is 0 Å². The number of hydrogen-bond donors (Lipinski definition) is 2. The van der Waals surface area contributed by atoms with Crippen LogP contribution in [0.2, 0.25) is 0 Å². The molecule has 0 aromatic carbocycles. The average molecular weight is 156 g/mol. The summed E-state index contributed by atoms with van der Waals surface area (Å²) in [6, 6.07) is 0. The van der Waals surface area contributed by atoms with E-state index in [0.717, 1.165) is 11.4 Å². The van der Waals surface area contributed by atoms with Crippen molar-refractivity contribution in [2.45, 2.75) is 20.1 Å². The molecule has 0 spiro atoms. The zero-order chi connectivity index (χ0) is 8.27. The molecule has 0 amide bonds. The fourth-order valence-electron chi connectivity index (χ4n) is 0.918. The summed E-state index contributed by atoms with van der Waals surface area (Å²) in [6.45, 7) is 2.90. The monoisotopic (exact) mass is 156 g/mol. The van der Waals surface area contributed by atoms with Crippen molar-refractivity contribution >= 4 is 0 Å². The second-order valence-corrected chi connectivity index (χ2v) is 2.29. The standard InChI is InChI=1S/C6H12N4O/c1-5-6(4-11)10(3-2-7)9-8-5/h11H,2-4,7H2,1H3. The molecular formula is C6H12N4O. The first-order chi connectivity index (χ1) is 5.29. The average Bonchev–Trinajstić information content (AvgIpc) is 2.33. The number of nitrogens with two attached hydrogens (primary N) is 1. The Morgan fingerprint density at radius 2 is 2.36 bits per heavy atom. The predicted molar refractivity (Wildman–Crippen MR) is 39.7 cm³/mol. The molecule has 0 aliphatic rings. The van der Waals surface area contributed by atoms with Crippen molar-refractivity contribution in [1.82, 2.24) is 15.0 Å². The molecule has 0 radical (unpaired) electrons. The fourth-order valence-corrected chi connectivity index (χ4v) is 0.918. The minimum absolute atomic E-state index is 0.0289. The third kappa shape index (κ3) is 1.55. The van der Waals surface area contributed by atoms with Gasteiger partial charge < -0.3 is 10.8 Å². The molecule has 0 aliphatic heterocycles. The molecular weight excluding hydrogens is 144 g/mol. The van der Waals surface area contributed by atoms with Crippen LogP contribution in [0.25, 0.3) is 0 Å². The van der Waals surface area contributed by atoms with Gasteiger partial charge in [-0.25, -0.2) is 4.68 Å². The molecule has 5 heteroatoms. The van der Waals surface area contributed by atoms with Gasteiger partial charge in [0.05, 0.1) is 24.5 Å². The molecule has 0 saturated heterocycles. The molecule has 11 heavy (non-hydrogen) atoms. The van der Waals surface area contributed by atoms with Crippen LogP contribution >= 0.6 is 0 Å². The minimum Gasteiger partial charge on any atom is -0.390 e. The number of aliphatic hydroxyl groups is 1. The molecule has 0 bridgehead atoms. The molecule has 0 aliphatic carbocycles. The first-order valence-corrected chi connectivity index (χ1v) is 3.49. The Kier molecular flexibility index (Phi) is 2.56. The summed E-state index contributed by atoms with van der Waals surface area (Å²) >= 11 is 0. The minimum atomic E-state index is -0.0289. The van der Waals surface area contributed by atoms with Gasteiger partial charge in [-0.05, 0) is 6.92 Å². The smallest absolute Gasteiger partial charge is 0.0871 e. The lowest BCUT2D eigenvalue weighted by Gasteiger charge is -2.00. The van der Waals surface area contributed by atoms with Crippen molar-refractivity contribution in [2.75, 3.05) is 6.54 Å². The van der Waals surface area contributed by atoms with Crippen molar-refractivity contribution < 1.29 is 5.11 Å². The Bertz CT molecular complexity index is 232. The molecule has 0 unspecified atom stereocenters. The Morgan fingerprint density at radius 3 is 2.91 bits per heavy atom. The van der Waals surface area contributed by atoms with E-state index in [1.165, 1.54) is 0 Å². The molecule has 3 N–H and O–H groups in total. The van der Waals surface area contributed by atoms with Crippen LogP contribution in [0, 0.1) is 6.92 Å². The van der Waals surface area contributed by atoms with Crippen molar-refractivity contribution in [3.8, 4) is 0 Å². The Hall–Kier alpha value is -0.940. The van der Waals surface area contributed by atoms with Crippen LogP contribution in [0.15, 0.2) is 0 Å². The summed E-state index contributed by atoms with van der Waals surface area (Å²) in [7, 11) is 0. The number of aromatic nitrogens is 3. The maximum absolute atomic E-state index is 8.87. The quantitative estimate of drug-likeness (QED) is 0.590. The Balaban J connectivity index is 2.86. The van der Waals surface area contributed by atoms with Gasteiger partial charge in [0.25, 0.3) is 0 Å². The predicted octanol–water partition coefficient (Wildman–Crippen LogP) is -0.962. The van der Waals surface area contributed by atoms with Crippen molar-refractivity contribution in [3.05, 3.63) is 11.4 Å². The molecule has 1 aromatic heterocycles. The SMILES string of the molecule is Cc1nnn(CCN)c1CO. The van der Waals surface area contributed by atoms with Gasteiger partial charge in [-0.2, -0.15) is 0 Å². The number of aryl methyl sites for hydroxylation is 1. The highest BCUT2D eigenvalue weighted by atomic mass is 16.3. The van der Waals surface area contributed by atoms with Gasteiger partial charge in [-0.3, -0.25) is 0 Å². The summed E-state index contributed by atoms with van der Waals surface area (Å²) in [4.78, 5) is 0. The van der Waals surface area contributed by atoms with E-state index in [2.05, 4.69) is 10.3 Å². The van der Waals surface area contributed by atoms with E-state index < -0.39 is 0 Å². The molecule has 5 nitrogen and oxygen atoms in total. The summed E-state index contributed by atoms with van der Waals surface area (Å²) in [5, 5.41) is 16.5. The summed E-state index contributed by atoms with van der Waals surface area (Å²) in [6.07, 6.45) is 0. The zero-order valence-electron chi connectivity index (χ0n) is 6.49. The van der Waals surface area contributed by atoms with Crippen LogP contribution in [0.1, 0.15) is 11.4 Å². The van der Waals surface area contributed by atoms with E-state index in [0.29, 0.717) is 13.1 Å². The first-order valence-electron chi connectivity index (χ1n) is 3.49. The van der Waals surface area contributed by atoms with Gasteiger partial charge in [0.1, 0.15) is 0 Å². The highest BCUT2D eigenvalue weighted by molar-refractivity contribution is 5.05. The van der Waals surface area contributed by atoms with E-state index in [-0.39, 0.29) is 6.61 Å². The second kappa shape index (κ2) is 3.45. The maximum Gasteiger partial charge on any atom is 0.0871 e. The van der Waals surface area contributed by atoms with E-state index in [1.54, 1.807) is 4.68 Å². The fraction of sp³-hybridized carbons (Fsp3) is 0.667. The second-order valence-electron chi connectivity index (χ2n) is 2.29.